The van der Waals surface area contributed by atoms with Gasteiger partial charge in [-0.15, -0.1) is 11.6 Å². The molecule has 0 radical (unpaired) electrons. The van der Waals surface area contributed by atoms with Crippen LogP contribution in [0.1, 0.15) is 30.9 Å². The van der Waals surface area contributed by atoms with Gasteiger partial charge in [0.1, 0.15) is 0 Å². The van der Waals surface area contributed by atoms with Crippen molar-refractivity contribution in [1.29, 1.82) is 0 Å². The summed E-state index contributed by atoms with van der Waals surface area (Å²) >= 11 is 5.67. The quantitative estimate of drug-likeness (QED) is 0.818. The van der Waals surface area contributed by atoms with E-state index in [0.717, 1.165) is 17.5 Å². The van der Waals surface area contributed by atoms with Crippen LogP contribution >= 0.6 is 11.6 Å². The van der Waals surface area contributed by atoms with Gasteiger partial charge in [0.05, 0.1) is 4.90 Å². The molecule has 0 saturated heterocycles. The zero-order valence-electron chi connectivity index (χ0n) is 11.0. The summed E-state index contributed by atoms with van der Waals surface area (Å²) in [5.41, 5.74) is 1.82. The average Bonchev–Trinajstić information content (AvgIpc) is 2.27. The van der Waals surface area contributed by atoms with Crippen molar-refractivity contribution in [2.24, 2.45) is 0 Å². The van der Waals surface area contributed by atoms with E-state index in [1.807, 2.05) is 32.9 Å². The van der Waals surface area contributed by atoms with Crippen LogP contribution in [0.5, 0.6) is 0 Å². The molecular formula is C13H20ClNO2S. The van der Waals surface area contributed by atoms with Gasteiger partial charge in [-0.25, -0.2) is 13.1 Å². The van der Waals surface area contributed by atoms with Crippen molar-refractivity contribution in [2.45, 2.75) is 44.6 Å². The normalized spacial score (nSPS) is 13.6. The van der Waals surface area contributed by atoms with E-state index >= 15 is 0 Å². The minimum Gasteiger partial charge on any atom is -0.208 e. The summed E-state index contributed by atoms with van der Waals surface area (Å²) in [6.07, 6.45) is 1.37. The Balaban J connectivity index is 2.99. The molecule has 1 aromatic rings. The van der Waals surface area contributed by atoms with Crippen LogP contribution in [0.4, 0.5) is 0 Å². The lowest BCUT2D eigenvalue weighted by Crippen LogP contribution is -2.35. The van der Waals surface area contributed by atoms with E-state index in [9.17, 15) is 8.42 Å². The van der Waals surface area contributed by atoms with Crippen molar-refractivity contribution >= 4 is 21.6 Å². The largest absolute Gasteiger partial charge is 0.241 e. The fourth-order valence-electron chi connectivity index (χ4n) is 1.86. The minimum atomic E-state index is -3.45. The zero-order valence-corrected chi connectivity index (χ0v) is 12.6. The van der Waals surface area contributed by atoms with Gasteiger partial charge in [-0.1, -0.05) is 24.6 Å². The standard InChI is InChI=1S/C13H20ClNO2S/c1-4-12(7-8-14)15-18(16,17)13-6-5-10(2)9-11(13)3/h5-6,9,12,15H,4,7-8H2,1-3H3. The molecule has 1 atom stereocenters. The van der Waals surface area contributed by atoms with Crippen molar-refractivity contribution in [2.75, 3.05) is 5.88 Å². The predicted octanol–water partition coefficient (Wildman–Crippen LogP) is 2.99. The third-order valence-corrected chi connectivity index (χ3v) is 4.79. The smallest absolute Gasteiger partial charge is 0.208 e. The molecule has 0 aliphatic heterocycles. The zero-order chi connectivity index (χ0) is 13.8. The maximum absolute atomic E-state index is 12.3. The second-order valence-electron chi connectivity index (χ2n) is 4.47. The van der Waals surface area contributed by atoms with Crippen molar-refractivity contribution in [1.82, 2.24) is 4.72 Å². The number of nitrogens with one attached hydrogen (secondary N) is 1. The summed E-state index contributed by atoms with van der Waals surface area (Å²) in [6, 6.07) is 5.23. The summed E-state index contributed by atoms with van der Waals surface area (Å²) in [4.78, 5) is 0.348. The Morgan fingerprint density at radius 1 is 1.33 bits per heavy atom. The Kier molecular flexibility index (Phi) is 5.63. The number of aryl methyl sites for hydroxylation is 2. The van der Waals surface area contributed by atoms with Gasteiger partial charge in [0.25, 0.3) is 0 Å². The topological polar surface area (TPSA) is 46.2 Å². The molecule has 0 heterocycles. The van der Waals surface area contributed by atoms with Crippen LogP contribution in [-0.4, -0.2) is 20.3 Å². The van der Waals surface area contributed by atoms with Gasteiger partial charge in [0.15, 0.2) is 0 Å². The molecule has 0 aromatic heterocycles. The summed E-state index contributed by atoms with van der Waals surface area (Å²) in [5, 5.41) is 0. The molecule has 18 heavy (non-hydrogen) atoms. The molecule has 3 nitrogen and oxygen atoms in total. The maximum atomic E-state index is 12.3. The van der Waals surface area contributed by atoms with Gasteiger partial charge in [0, 0.05) is 11.9 Å². The highest BCUT2D eigenvalue weighted by molar-refractivity contribution is 7.89. The van der Waals surface area contributed by atoms with E-state index in [4.69, 9.17) is 11.6 Å². The third kappa shape index (κ3) is 3.97. The molecule has 0 fully saturated rings. The van der Waals surface area contributed by atoms with Crippen LogP contribution in [0.3, 0.4) is 0 Å². The summed E-state index contributed by atoms with van der Waals surface area (Å²) < 4.78 is 27.2. The second-order valence-corrected chi connectivity index (χ2v) is 6.53. The van der Waals surface area contributed by atoms with Crippen LogP contribution in [0.2, 0.25) is 0 Å². The molecule has 102 valence electrons. The highest BCUT2D eigenvalue weighted by Crippen LogP contribution is 2.17. The molecule has 0 saturated carbocycles. The summed E-state index contributed by atoms with van der Waals surface area (Å²) in [6.45, 7) is 5.70. The molecule has 5 heteroatoms. The molecule has 1 aromatic carbocycles. The SMILES string of the molecule is CCC(CCCl)NS(=O)(=O)c1ccc(C)cc1C. The van der Waals surface area contributed by atoms with Gasteiger partial charge < -0.3 is 0 Å². The van der Waals surface area contributed by atoms with E-state index < -0.39 is 10.0 Å². The Morgan fingerprint density at radius 3 is 2.50 bits per heavy atom. The van der Waals surface area contributed by atoms with E-state index in [1.165, 1.54) is 0 Å². The fourth-order valence-corrected chi connectivity index (χ4v) is 3.71. The van der Waals surface area contributed by atoms with E-state index in [0.29, 0.717) is 17.2 Å². The minimum absolute atomic E-state index is 0.104. The lowest BCUT2D eigenvalue weighted by Gasteiger charge is -2.17. The number of sulfonamides is 1. The molecule has 0 spiro atoms. The molecular weight excluding hydrogens is 270 g/mol. The summed E-state index contributed by atoms with van der Waals surface area (Å²) in [7, 11) is -3.45. The molecule has 1 rings (SSSR count). The second kappa shape index (κ2) is 6.55. The first-order chi connectivity index (χ1) is 8.40. The lowest BCUT2D eigenvalue weighted by atomic mass is 10.2. The monoisotopic (exact) mass is 289 g/mol. The van der Waals surface area contributed by atoms with Crippen molar-refractivity contribution < 1.29 is 8.42 Å². The first-order valence-electron chi connectivity index (χ1n) is 6.06. The number of benzene rings is 1. The third-order valence-electron chi connectivity index (χ3n) is 2.89. The van der Waals surface area contributed by atoms with E-state index in [-0.39, 0.29) is 6.04 Å². The van der Waals surface area contributed by atoms with Crippen LogP contribution in [0.25, 0.3) is 0 Å². The fraction of sp³-hybridized carbons (Fsp3) is 0.538. The highest BCUT2D eigenvalue weighted by Gasteiger charge is 2.20. The van der Waals surface area contributed by atoms with Crippen LogP contribution in [0, 0.1) is 13.8 Å². The molecule has 1 unspecified atom stereocenters. The first kappa shape index (κ1) is 15.5. The Hall–Kier alpha value is -0.580. The van der Waals surface area contributed by atoms with Gasteiger partial charge in [-0.05, 0) is 38.3 Å². The number of halogens is 1. The van der Waals surface area contributed by atoms with Crippen LogP contribution in [-0.2, 0) is 10.0 Å². The molecule has 0 bridgehead atoms. The highest BCUT2D eigenvalue weighted by atomic mass is 35.5. The van der Waals surface area contributed by atoms with Crippen molar-refractivity contribution in [3.63, 3.8) is 0 Å². The van der Waals surface area contributed by atoms with E-state index in [2.05, 4.69) is 4.72 Å². The van der Waals surface area contributed by atoms with Gasteiger partial charge in [-0.2, -0.15) is 0 Å². The van der Waals surface area contributed by atoms with Gasteiger partial charge >= 0.3 is 0 Å². The number of hydrogen-bond donors (Lipinski definition) is 1. The predicted molar refractivity (Wildman–Crippen MR) is 75.7 cm³/mol. The van der Waals surface area contributed by atoms with Crippen LogP contribution in [0.15, 0.2) is 23.1 Å². The number of hydrogen-bond acceptors (Lipinski definition) is 2. The van der Waals surface area contributed by atoms with Crippen LogP contribution < -0.4 is 4.72 Å². The number of alkyl halides is 1. The number of rotatable bonds is 6. The Labute approximate surface area is 115 Å². The average molecular weight is 290 g/mol. The van der Waals surface area contributed by atoms with Crippen molar-refractivity contribution in [3.8, 4) is 0 Å². The Bertz CT molecular complexity index is 500. The van der Waals surface area contributed by atoms with E-state index in [1.54, 1.807) is 6.07 Å². The van der Waals surface area contributed by atoms with Gasteiger partial charge in [-0.3, -0.25) is 0 Å². The first-order valence-corrected chi connectivity index (χ1v) is 8.08. The Morgan fingerprint density at radius 2 is 2.00 bits per heavy atom. The molecule has 0 amide bonds. The van der Waals surface area contributed by atoms with Gasteiger partial charge in [0.2, 0.25) is 10.0 Å². The summed E-state index contributed by atoms with van der Waals surface area (Å²) in [5.74, 6) is 0.452. The maximum Gasteiger partial charge on any atom is 0.241 e. The lowest BCUT2D eigenvalue weighted by molar-refractivity contribution is 0.531. The van der Waals surface area contributed by atoms with Crippen molar-refractivity contribution in [3.05, 3.63) is 29.3 Å². The molecule has 1 N–H and O–H groups in total. The molecule has 0 aliphatic carbocycles. The molecule has 0 aliphatic rings.